The Morgan fingerprint density at radius 3 is 2.52 bits per heavy atom. The van der Waals surface area contributed by atoms with E-state index in [-0.39, 0.29) is 31.7 Å². The van der Waals surface area contributed by atoms with E-state index in [0.29, 0.717) is 0 Å². The van der Waals surface area contributed by atoms with Gasteiger partial charge in [0.2, 0.25) is 5.91 Å². The molecule has 1 saturated heterocycles. The minimum atomic E-state index is -4.71. The zero-order chi connectivity index (χ0) is 15.7. The van der Waals surface area contributed by atoms with Crippen LogP contribution in [0.1, 0.15) is 24.0 Å². The van der Waals surface area contributed by atoms with E-state index < -0.39 is 18.3 Å². The molecule has 0 unspecified atom stereocenters. The lowest BCUT2D eigenvalue weighted by Gasteiger charge is -2.40. The summed E-state index contributed by atoms with van der Waals surface area (Å²) in [6, 6.07) is 7.27. The molecule has 0 saturated carbocycles. The van der Waals surface area contributed by atoms with Gasteiger partial charge < -0.3 is 10.0 Å². The molecule has 1 aromatic rings. The quantitative estimate of drug-likeness (QED) is 0.911. The second-order valence-electron chi connectivity index (χ2n) is 5.61. The number of β-amino-alcohol motifs (C(OH)–C–C–N with tert-alkyl or cyclic N) is 1. The second kappa shape index (κ2) is 5.67. The number of hydrogen-bond donors (Lipinski definition) is 1. The van der Waals surface area contributed by atoms with E-state index in [9.17, 15) is 23.1 Å². The van der Waals surface area contributed by atoms with Crippen LogP contribution in [0.5, 0.6) is 0 Å². The number of amides is 1. The number of hydrogen-bond acceptors (Lipinski definition) is 2. The molecule has 0 spiro atoms. The number of carbonyl (C=O) groups is 1. The SMILES string of the molecule is Cc1ccc(CC(=O)N2CCC[C@](O)(C(F)(F)F)C2)cc1. The largest absolute Gasteiger partial charge is 0.418 e. The fraction of sp³-hybridized carbons (Fsp3) is 0.533. The van der Waals surface area contributed by atoms with Gasteiger partial charge in [0.1, 0.15) is 0 Å². The molecule has 1 atom stereocenters. The molecule has 1 aromatic carbocycles. The molecule has 0 aliphatic carbocycles. The van der Waals surface area contributed by atoms with Crippen LogP contribution in [-0.2, 0) is 11.2 Å². The summed E-state index contributed by atoms with van der Waals surface area (Å²) in [6.07, 6.45) is -4.87. The molecule has 3 nitrogen and oxygen atoms in total. The minimum Gasteiger partial charge on any atom is -0.379 e. The van der Waals surface area contributed by atoms with Crippen LogP contribution in [0, 0.1) is 6.92 Å². The summed E-state index contributed by atoms with van der Waals surface area (Å²) in [4.78, 5) is 13.2. The molecule has 1 aliphatic rings. The van der Waals surface area contributed by atoms with Crippen LogP contribution >= 0.6 is 0 Å². The van der Waals surface area contributed by atoms with Crippen molar-refractivity contribution in [2.45, 2.75) is 38.0 Å². The number of carbonyl (C=O) groups excluding carboxylic acids is 1. The van der Waals surface area contributed by atoms with Crippen molar-refractivity contribution in [3.05, 3.63) is 35.4 Å². The van der Waals surface area contributed by atoms with Gasteiger partial charge in [-0.25, -0.2) is 0 Å². The molecule has 0 aromatic heterocycles. The number of rotatable bonds is 2. The predicted octanol–water partition coefficient (Wildman–Crippen LogP) is 2.45. The zero-order valence-electron chi connectivity index (χ0n) is 11.8. The van der Waals surface area contributed by atoms with Gasteiger partial charge in [-0.15, -0.1) is 0 Å². The first-order valence-corrected chi connectivity index (χ1v) is 6.84. The fourth-order valence-electron chi connectivity index (χ4n) is 2.47. The molecule has 1 N–H and O–H groups in total. The highest BCUT2D eigenvalue weighted by atomic mass is 19.4. The number of benzene rings is 1. The van der Waals surface area contributed by atoms with Gasteiger partial charge in [0.05, 0.1) is 13.0 Å². The van der Waals surface area contributed by atoms with Gasteiger partial charge in [-0.1, -0.05) is 29.8 Å². The summed E-state index contributed by atoms with van der Waals surface area (Å²) in [5.74, 6) is -0.388. The maximum atomic E-state index is 12.8. The third kappa shape index (κ3) is 3.56. The Kier molecular flexibility index (Phi) is 4.27. The van der Waals surface area contributed by atoms with Gasteiger partial charge in [-0.3, -0.25) is 4.79 Å². The maximum Gasteiger partial charge on any atom is 0.418 e. The highest BCUT2D eigenvalue weighted by Gasteiger charge is 2.55. The Balaban J connectivity index is 2.04. The number of alkyl halides is 3. The van der Waals surface area contributed by atoms with Crippen LogP contribution in [0.2, 0.25) is 0 Å². The molecule has 0 bridgehead atoms. The number of nitrogens with zero attached hydrogens (tertiary/aromatic N) is 1. The summed E-state index contributed by atoms with van der Waals surface area (Å²) in [6.45, 7) is 1.49. The Bertz CT molecular complexity index is 513. The van der Waals surface area contributed by atoms with Gasteiger partial charge in [0, 0.05) is 6.54 Å². The van der Waals surface area contributed by atoms with Crippen molar-refractivity contribution >= 4 is 5.91 Å². The highest BCUT2D eigenvalue weighted by molar-refractivity contribution is 5.79. The average molecular weight is 301 g/mol. The summed E-state index contributed by atoms with van der Waals surface area (Å²) >= 11 is 0. The van der Waals surface area contributed by atoms with Crippen LogP contribution in [0.3, 0.4) is 0 Å². The number of aliphatic hydroxyl groups is 1. The smallest absolute Gasteiger partial charge is 0.379 e. The van der Waals surface area contributed by atoms with Gasteiger partial charge in [0.25, 0.3) is 0 Å². The van der Waals surface area contributed by atoms with E-state index in [1.807, 2.05) is 19.1 Å². The van der Waals surface area contributed by atoms with Crippen molar-refractivity contribution in [1.82, 2.24) is 4.90 Å². The molecule has 1 amide bonds. The Labute approximate surface area is 121 Å². The lowest BCUT2D eigenvalue weighted by molar-refractivity contribution is -0.272. The third-order valence-electron chi connectivity index (χ3n) is 3.83. The van der Waals surface area contributed by atoms with Crippen LogP contribution in [0.25, 0.3) is 0 Å². The summed E-state index contributed by atoms with van der Waals surface area (Å²) in [5, 5.41) is 9.71. The van der Waals surface area contributed by atoms with Gasteiger partial charge >= 0.3 is 6.18 Å². The molecule has 1 heterocycles. The van der Waals surface area contributed by atoms with Crippen molar-refractivity contribution in [3.8, 4) is 0 Å². The van der Waals surface area contributed by atoms with Gasteiger partial charge in [-0.05, 0) is 25.3 Å². The summed E-state index contributed by atoms with van der Waals surface area (Å²) in [5.41, 5.74) is -0.976. The average Bonchev–Trinajstić information content (AvgIpc) is 2.40. The number of aryl methyl sites for hydroxylation is 1. The van der Waals surface area contributed by atoms with Crippen molar-refractivity contribution in [1.29, 1.82) is 0 Å². The standard InChI is InChI=1S/C15H18F3NO2/c1-11-3-5-12(6-4-11)9-13(20)19-8-2-7-14(21,10-19)15(16,17)18/h3-6,21H,2,7-10H2,1H3/t14-/m1/s1. The first kappa shape index (κ1) is 15.8. The first-order valence-electron chi connectivity index (χ1n) is 6.84. The lowest BCUT2D eigenvalue weighted by atomic mass is 9.92. The van der Waals surface area contributed by atoms with E-state index >= 15 is 0 Å². The molecule has 1 aliphatic heterocycles. The van der Waals surface area contributed by atoms with Crippen molar-refractivity contribution in [2.75, 3.05) is 13.1 Å². The van der Waals surface area contributed by atoms with Crippen LogP contribution in [-0.4, -0.2) is 40.8 Å². The first-order chi connectivity index (χ1) is 9.71. The van der Waals surface area contributed by atoms with Crippen molar-refractivity contribution < 1.29 is 23.1 Å². The molecule has 1 fully saturated rings. The van der Waals surface area contributed by atoms with Crippen molar-refractivity contribution in [3.63, 3.8) is 0 Å². The number of halogens is 3. The van der Waals surface area contributed by atoms with E-state index in [1.165, 1.54) is 0 Å². The Morgan fingerprint density at radius 1 is 1.33 bits per heavy atom. The highest BCUT2D eigenvalue weighted by Crippen LogP contribution is 2.37. The third-order valence-corrected chi connectivity index (χ3v) is 3.83. The molecule has 2 rings (SSSR count). The topological polar surface area (TPSA) is 40.5 Å². The van der Waals surface area contributed by atoms with Crippen molar-refractivity contribution in [2.24, 2.45) is 0 Å². The lowest BCUT2D eigenvalue weighted by Crippen LogP contribution is -2.58. The minimum absolute atomic E-state index is 0.0498. The van der Waals surface area contributed by atoms with Gasteiger partial charge in [-0.2, -0.15) is 13.2 Å². The molecule has 0 radical (unpaired) electrons. The molecule has 21 heavy (non-hydrogen) atoms. The summed E-state index contributed by atoms with van der Waals surface area (Å²) in [7, 11) is 0. The van der Waals surface area contributed by atoms with E-state index in [0.717, 1.165) is 16.0 Å². The van der Waals surface area contributed by atoms with E-state index in [1.54, 1.807) is 12.1 Å². The zero-order valence-corrected chi connectivity index (χ0v) is 11.8. The Hall–Kier alpha value is -1.56. The monoisotopic (exact) mass is 301 g/mol. The maximum absolute atomic E-state index is 12.8. The predicted molar refractivity (Wildman–Crippen MR) is 71.7 cm³/mol. The van der Waals surface area contributed by atoms with Crippen LogP contribution in [0.4, 0.5) is 13.2 Å². The molecular formula is C15H18F3NO2. The normalized spacial score (nSPS) is 23.2. The van der Waals surface area contributed by atoms with E-state index in [4.69, 9.17) is 0 Å². The number of piperidine rings is 1. The Morgan fingerprint density at radius 2 is 1.95 bits per heavy atom. The molecule has 116 valence electrons. The number of likely N-dealkylation sites (tertiary alicyclic amines) is 1. The summed E-state index contributed by atoms with van der Waals surface area (Å²) < 4.78 is 38.5. The second-order valence-corrected chi connectivity index (χ2v) is 5.61. The van der Waals surface area contributed by atoms with Gasteiger partial charge in [0.15, 0.2) is 5.60 Å². The van der Waals surface area contributed by atoms with Crippen LogP contribution in [0.15, 0.2) is 24.3 Å². The molecule has 6 heteroatoms. The van der Waals surface area contributed by atoms with E-state index in [2.05, 4.69) is 0 Å². The fourth-order valence-corrected chi connectivity index (χ4v) is 2.47. The molecular weight excluding hydrogens is 283 g/mol. The van der Waals surface area contributed by atoms with Crippen LogP contribution < -0.4 is 0 Å².